The van der Waals surface area contributed by atoms with Gasteiger partial charge in [0, 0.05) is 6.54 Å². The summed E-state index contributed by atoms with van der Waals surface area (Å²) in [6.07, 6.45) is 49.1. The Morgan fingerprint density at radius 3 is 1.04 bits per heavy atom. The molecule has 0 bridgehead atoms. The van der Waals surface area contributed by atoms with Crippen LogP contribution in [0.1, 0.15) is 245 Å². The molecule has 0 radical (unpaired) electrons. The minimum atomic E-state index is -0.306. The van der Waals surface area contributed by atoms with Crippen LogP contribution in [0.5, 0.6) is 0 Å². The van der Waals surface area contributed by atoms with Crippen molar-refractivity contribution in [3.05, 3.63) is 0 Å². The number of methoxy groups -OCH3 is 1. The largest absolute Gasteiger partial charge is 0.453 e. The Hall–Kier alpha value is -0.770. The molecule has 1 N–H and O–H groups in total. The molecule has 294 valence electrons. The number of carbonyl (C=O) groups is 1. The molecule has 0 aromatic heterocycles. The maximum absolute atomic E-state index is 11.5. The second kappa shape index (κ2) is 41.6. The molecular weight excluding hydrogens is 601 g/mol. The van der Waals surface area contributed by atoms with E-state index in [0.29, 0.717) is 6.54 Å². The average Bonchev–Trinajstić information content (AvgIpc) is 3.11. The maximum Gasteiger partial charge on any atom is 0.406 e. The predicted molar refractivity (Wildman–Crippen MR) is 219 cm³/mol. The number of hydrogen-bond donors (Lipinski definition) is 1. The van der Waals surface area contributed by atoms with Crippen LogP contribution in [-0.2, 0) is 4.74 Å². The Morgan fingerprint density at radius 1 is 0.429 bits per heavy atom. The number of nitrogens with zero attached hydrogens (tertiary/aromatic N) is 1. The summed E-state index contributed by atoms with van der Waals surface area (Å²) in [4.78, 5) is 14.1. The van der Waals surface area contributed by atoms with Crippen LogP contribution in [0, 0.1) is 5.92 Å². The Balaban J connectivity index is 4.21. The lowest BCUT2D eigenvalue weighted by atomic mass is 9.89. The van der Waals surface area contributed by atoms with Gasteiger partial charge in [0.2, 0.25) is 0 Å². The van der Waals surface area contributed by atoms with Gasteiger partial charge in [-0.1, -0.05) is 226 Å². The summed E-state index contributed by atoms with van der Waals surface area (Å²) in [5.74, 6) is 0.983. The summed E-state index contributed by atoms with van der Waals surface area (Å²) in [5.41, 5.74) is 0. The first-order valence-electron chi connectivity index (χ1n) is 22.7. The molecular formula is C45H92N2O2. The zero-order chi connectivity index (χ0) is 35.7. The quantitative estimate of drug-likeness (QED) is 0.0649. The number of nitrogens with one attached hydrogen (secondary N) is 1. The topological polar surface area (TPSA) is 41.6 Å². The first-order chi connectivity index (χ1) is 24.2. The second-order valence-electron chi connectivity index (χ2n) is 15.7. The van der Waals surface area contributed by atoms with Gasteiger partial charge >= 0.3 is 6.09 Å². The highest BCUT2D eigenvalue weighted by Crippen LogP contribution is 2.25. The molecule has 4 heteroatoms. The Bertz CT molecular complexity index is 611. The summed E-state index contributed by atoms with van der Waals surface area (Å²) in [5, 5.41) is 2.87. The van der Waals surface area contributed by atoms with Crippen LogP contribution < -0.4 is 5.32 Å². The van der Waals surface area contributed by atoms with Crippen LogP contribution in [0.4, 0.5) is 4.79 Å². The van der Waals surface area contributed by atoms with Crippen molar-refractivity contribution in [3.8, 4) is 0 Å². The van der Waals surface area contributed by atoms with Crippen molar-refractivity contribution in [3.63, 3.8) is 0 Å². The van der Waals surface area contributed by atoms with Gasteiger partial charge in [-0.25, -0.2) is 4.79 Å². The molecule has 0 saturated heterocycles. The third-order valence-electron chi connectivity index (χ3n) is 11.0. The van der Waals surface area contributed by atoms with Gasteiger partial charge in [0.15, 0.2) is 0 Å². The molecule has 0 aliphatic rings. The minimum Gasteiger partial charge on any atom is -0.453 e. The van der Waals surface area contributed by atoms with Crippen molar-refractivity contribution in [1.29, 1.82) is 0 Å². The van der Waals surface area contributed by atoms with E-state index >= 15 is 0 Å². The van der Waals surface area contributed by atoms with Crippen LogP contribution in [0.15, 0.2) is 0 Å². The summed E-state index contributed by atoms with van der Waals surface area (Å²) in [7, 11) is 1.45. The summed E-state index contributed by atoms with van der Waals surface area (Å²) in [6.45, 7) is 11.2. The molecule has 0 fully saturated rings. The second-order valence-corrected chi connectivity index (χ2v) is 15.7. The molecule has 0 heterocycles. The smallest absolute Gasteiger partial charge is 0.406 e. The van der Waals surface area contributed by atoms with E-state index in [1.807, 2.05) is 0 Å². The fraction of sp³-hybridized carbons (Fsp3) is 0.978. The van der Waals surface area contributed by atoms with E-state index in [0.717, 1.165) is 18.9 Å². The van der Waals surface area contributed by atoms with Gasteiger partial charge in [-0.05, 0) is 44.8 Å². The summed E-state index contributed by atoms with van der Waals surface area (Å²) in [6, 6.07) is 0. The number of rotatable bonds is 41. The molecule has 0 unspecified atom stereocenters. The molecule has 0 rings (SSSR count). The van der Waals surface area contributed by atoms with Crippen LogP contribution in [0.25, 0.3) is 0 Å². The third kappa shape index (κ3) is 38.3. The number of ether oxygens (including phenoxy) is 1. The zero-order valence-electron chi connectivity index (χ0n) is 34.4. The number of amides is 1. The van der Waals surface area contributed by atoms with E-state index in [9.17, 15) is 4.79 Å². The van der Waals surface area contributed by atoms with Crippen molar-refractivity contribution < 1.29 is 9.53 Å². The van der Waals surface area contributed by atoms with E-state index in [2.05, 4.69) is 31.0 Å². The average molecular weight is 693 g/mol. The van der Waals surface area contributed by atoms with Gasteiger partial charge < -0.3 is 15.0 Å². The molecule has 0 saturated carbocycles. The van der Waals surface area contributed by atoms with Crippen LogP contribution in [-0.4, -0.2) is 44.3 Å². The molecule has 0 aliphatic heterocycles. The van der Waals surface area contributed by atoms with Gasteiger partial charge in [0.05, 0.1) is 7.11 Å². The molecule has 0 aromatic rings. The molecule has 0 aliphatic carbocycles. The van der Waals surface area contributed by atoms with Crippen molar-refractivity contribution >= 4 is 6.09 Å². The summed E-state index contributed by atoms with van der Waals surface area (Å²) >= 11 is 0. The van der Waals surface area contributed by atoms with Gasteiger partial charge in [-0.2, -0.15) is 0 Å². The van der Waals surface area contributed by atoms with Gasteiger partial charge in [-0.3, -0.25) is 0 Å². The minimum absolute atomic E-state index is 0.306. The molecule has 0 spiro atoms. The van der Waals surface area contributed by atoms with Crippen molar-refractivity contribution in [2.24, 2.45) is 5.92 Å². The molecule has 0 aromatic carbocycles. The van der Waals surface area contributed by atoms with E-state index in [1.165, 1.54) is 239 Å². The molecule has 4 nitrogen and oxygen atoms in total. The van der Waals surface area contributed by atoms with Crippen LogP contribution in [0.3, 0.4) is 0 Å². The van der Waals surface area contributed by atoms with E-state index in [1.54, 1.807) is 0 Å². The Labute approximate surface area is 309 Å². The number of carbonyl (C=O) groups excluding carboxylic acids is 1. The normalized spacial score (nSPS) is 11.6. The van der Waals surface area contributed by atoms with Crippen molar-refractivity contribution in [2.75, 3.05) is 33.3 Å². The molecule has 49 heavy (non-hydrogen) atoms. The third-order valence-corrected chi connectivity index (χ3v) is 11.0. The Morgan fingerprint density at radius 2 is 0.714 bits per heavy atom. The van der Waals surface area contributed by atoms with Gasteiger partial charge in [0.25, 0.3) is 0 Å². The number of alkyl carbamates (subject to hydrolysis) is 1. The molecule has 1 amide bonds. The highest BCUT2D eigenvalue weighted by atomic mass is 16.5. The maximum atomic E-state index is 11.5. The zero-order valence-corrected chi connectivity index (χ0v) is 34.4. The van der Waals surface area contributed by atoms with Gasteiger partial charge in [0.1, 0.15) is 0 Å². The fourth-order valence-electron chi connectivity index (χ4n) is 7.59. The standard InChI is InChI=1S/C45H92N2O2/c1-5-8-11-14-17-18-19-20-21-22-23-24-29-34-41-47(43-36-40-46-45(48)49-4)42-35-30-25-28-33-39-44(37-31-26-15-12-9-6-2)38-32-27-16-13-10-7-3/h44H,5-43H2,1-4H3,(H,46,48). The lowest BCUT2D eigenvalue weighted by molar-refractivity contribution is 0.170. The van der Waals surface area contributed by atoms with Crippen molar-refractivity contribution in [1.82, 2.24) is 10.2 Å². The van der Waals surface area contributed by atoms with E-state index in [-0.39, 0.29) is 6.09 Å². The van der Waals surface area contributed by atoms with E-state index in [4.69, 9.17) is 4.74 Å². The lowest BCUT2D eigenvalue weighted by Gasteiger charge is -2.22. The lowest BCUT2D eigenvalue weighted by Crippen LogP contribution is -2.31. The van der Waals surface area contributed by atoms with Crippen LogP contribution in [0.2, 0.25) is 0 Å². The number of hydrogen-bond acceptors (Lipinski definition) is 3. The molecule has 0 atom stereocenters. The highest BCUT2D eigenvalue weighted by Gasteiger charge is 2.10. The highest BCUT2D eigenvalue weighted by molar-refractivity contribution is 5.66. The van der Waals surface area contributed by atoms with Gasteiger partial charge in [-0.15, -0.1) is 0 Å². The van der Waals surface area contributed by atoms with Crippen molar-refractivity contribution in [2.45, 2.75) is 245 Å². The summed E-state index contributed by atoms with van der Waals surface area (Å²) < 4.78 is 4.75. The predicted octanol–water partition coefficient (Wildman–Crippen LogP) is 15.0. The monoisotopic (exact) mass is 693 g/mol. The Kier molecular flexibility index (Phi) is 41.0. The number of unbranched alkanes of at least 4 members (excludes halogenated alkanes) is 27. The van der Waals surface area contributed by atoms with E-state index < -0.39 is 0 Å². The fourth-order valence-corrected chi connectivity index (χ4v) is 7.59. The first kappa shape index (κ1) is 48.2. The first-order valence-corrected chi connectivity index (χ1v) is 22.7. The SMILES string of the molecule is CCCCCCCCCCCCCCCCN(CCCCCCCC(CCCCCCCC)CCCCCCCC)CCCNC(=O)OC. The van der Waals surface area contributed by atoms with Crippen LogP contribution >= 0.6 is 0 Å².